The van der Waals surface area contributed by atoms with Crippen molar-refractivity contribution in [2.24, 2.45) is 0 Å². The molecule has 4 amide bonds. The third-order valence-corrected chi connectivity index (χ3v) is 6.40. The standard InChI is InChI=1S/C26H39N5O4/c1-8-35-23(32)21-20(29(7)24(33)27-22(21)19-12-10-9-11-17(19)2)16-30-13-14-31(18(3)15-30)25(34)28-26(4,5)6/h9-12,18,22H,8,13-16H2,1-7H3,(H,27,33)(H,28,34)/t18-,22-/m0/s1. The molecule has 192 valence electrons. The molecule has 0 aliphatic carbocycles. The van der Waals surface area contributed by atoms with E-state index in [1.807, 2.05) is 63.8 Å². The number of ether oxygens (including phenoxy) is 1. The van der Waals surface area contributed by atoms with E-state index in [1.54, 1.807) is 14.0 Å². The van der Waals surface area contributed by atoms with Crippen molar-refractivity contribution in [1.82, 2.24) is 25.3 Å². The second-order valence-corrected chi connectivity index (χ2v) is 10.3. The van der Waals surface area contributed by atoms with Crippen LogP contribution < -0.4 is 10.6 Å². The minimum Gasteiger partial charge on any atom is -0.463 e. The lowest BCUT2D eigenvalue weighted by Gasteiger charge is -2.43. The van der Waals surface area contributed by atoms with Crippen molar-refractivity contribution in [3.63, 3.8) is 0 Å². The highest BCUT2D eigenvalue weighted by molar-refractivity contribution is 5.95. The smallest absolute Gasteiger partial charge is 0.338 e. The van der Waals surface area contributed by atoms with Gasteiger partial charge in [0.2, 0.25) is 0 Å². The Morgan fingerprint density at radius 1 is 1.20 bits per heavy atom. The Hall–Kier alpha value is -3.07. The molecule has 9 nitrogen and oxygen atoms in total. The molecule has 0 bridgehead atoms. The van der Waals surface area contributed by atoms with E-state index in [-0.39, 0.29) is 30.2 Å². The lowest BCUT2D eigenvalue weighted by Crippen LogP contribution is -2.59. The fraction of sp³-hybridized carbons (Fsp3) is 0.577. The van der Waals surface area contributed by atoms with Gasteiger partial charge >= 0.3 is 18.0 Å². The van der Waals surface area contributed by atoms with E-state index in [0.29, 0.717) is 37.4 Å². The zero-order valence-electron chi connectivity index (χ0n) is 22.0. The van der Waals surface area contributed by atoms with Crippen LogP contribution in [0.4, 0.5) is 9.59 Å². The van der Waals surface area contributed by atoms with E-state index in [0.717, 1.165) is 11.1 Å². The number of esters is 1. The fourth-order valence-corrected chi connectivity index (χ4v) is 4.62. The summed E-state index contributed by atoms with van der Waals surface area (Å²) >= 11 is 0. The van der Waals surface area contributed by atoms with E-state index in [4.69, 9.17) is 4.74 Å². The monoisotopic (exact) mass is 485 g/mol. The van der Waals surface area contributed by atoms with Gasteiger partial charge in [0, 0.05) is 50.5 Å². The van der Waals surface area contributed by atoms with E-state index < -0.39 is 12.0 Å². The summed E-state index contributed by atoms with van der Waals surface area (Å²) in [4.78, 5) is 44.4. The Kier molecular flexibility index (Phi) is 8.10. The lowest BCUT2D eigenvalue weighted by molar-refractivity contribution is -0.139. The molecule has 1 aromatic carbocycles. The van der Waals surface area contributed by atoms with Gasteiger partial charge in [0.1, 0.15) is 0 Å². The average molecular weight is 486 g/mol. The number of carbonyl (C=O) groups excluding carboxylic acids is 3. The summed E-state index contributed by atoms with van der Waals surface area (Å²) in [5.74, 6) is -0.432. The maximum Gasteiger partial charge on any atom is 0.338 e. The van der Waals surface area contributed by atoms with Crippen molar-refractivity contribution >= 4 is 18.0 Å². The van der Waals surface area contributed by atoms with Crippen LogP contribution in [0.3, 0.4) is 0 Å². The van der Waals surface area contributed by atoms with Crippen molar-refractivity contribution in [2.45, 2.75) is 59.2 Å². The molecule has 2 N–H and O–H groups in total. The first-order valence-electron chi connectivity index (χ1n) is 12.2. The quantitative estimate of drug-likeness (QED) is 0.626. The SMILES string of the molecule is CCOC(=O)C1=C(CN2CCN(C(=O)NC(C)(C)C)[C@@H](C)C2)N(C)C(=O)N[C@H]1c1ccccc1C. The van der Waals surface area contributed by atoms with E-state index in [2.05, 4.69) is 15.5 Å². The molecule has 35 heavy (non-hydrogen) atoms. The Bertz CT molecular complexity index is 1000. The molecule has 9 heteroatoms. The van der Waals surface area contributed by atoms with Gasteiger partial charge in [0.25, 0.3) is 0 Å². The number of likely N-dealkylation sites (N-methyl/N-ethyl adjacent to an activating group) is 1. The number of hydrogen-bond donors (Lipinski definition) is 2. The van der Waals surface area contributed by atoms with Gasteiger partial charge in [-0.1, -0.05) is 24.3 Å². The number of nitrogens with zero attached hydrogens (tertiary/aromatic N) is 3. The van der Waals surface area contributed by atoms with Gasteiger partial charge in [-0.05, 0) is 52.7 Å². The Morgan fingerprint density at radius 2 is 1.89 bits per heavy atom. The first-order valence-corrected chi connectivity index (χ1v) is 12.2. The zero-order valence-corrected chi connectivity index (χ0v) is 22.0. The minimum absolute atomic E-state index is 0.0207. The van der Waals surface area contributed by atoms with Gasteiger partial charge in [0.05, 0.1) is 18.2 Å². The molecule has 1 fully saturated rings. The van der Waals surface area contributed by atoms with Crippen LogP contribution in [-0.4, -0.2) is 84.1 Å². The van der Waals surface area contributed by atoms with Gasteiger partial charge in [-0.25, -0.2) is 14.4 Å². The maximum atomic E-state index is 13.2. The summed E-state index contributed by atoms with van der Waals surface area (Å²) in [6.07, 6.45) is 0. The van der Waals surface area contributed by atoms with Crippen molar-refractivity contribution in [1.29, 1.82) is 0 Å². The summed E-state index contributed by atoms with van der Waals surface area (Å²) < 4.78 is 5.44. The number of aryl methyl sites for hydroxylation is 1. The number of hydrogen-bond acceptors (Lipinski definition) is 5. The molecule has 0 radical (unpaired) electrons. The molecule has 0 aromatic heterocycles. The molecule has 3 rings (SSSR count). The maximum absolute atomic E-state index is 13.2. The predicted octanol–water partition coefficient (Wildman–Crippen LogP) is 3.02. The van der Waals surface area contributed by atoms with E-state index >= 15 is 0 Å². The normalized spacial score (nSPS) is 21.6. The largest absolute Gasteiger partial charge is 0.463 e. The van der Waals surface area contributed by atoms with Gasteiger partial charge in [-0.15, -0.1) is 0 Å². The first-order chi connectivity index (χ1) is 16.4. The molecule has 0 unspecified atom stereocenters. The Labute approximate surface area is 208 Å². The third-order valence-electron chi connectivity index (χ3n) is 6.40. The molecular weight excluding hydrogens is 446 g/mol. The molecule has 1 aromatic rings. The number of rotatable bonds is 5. The highest BCUT2D eigenvalue weighted by atomic mass is 16.5. The summed E-state index contributed by atoms with van der Waals surface area (Å²) in [6, 6.07) is 6.77. The second-order valence-electron chi connectivity index (χ2n) is 10.3. The zero-order chi connectivity index (χ0) is 25.9. The van der Waals surface area contributed by atoms with Crippen molar-refractivity contribution < 1.29 is 19.1 Å². The molecule has 1 saturated heterocycles. The number of amides is 4. The van der Waals surface area contributed by atoms with E-state index in [9.17, 15) is 14.4 Å². The number of piperazine rings is 1. The first kappa shape index (κ1) is 26.5. The van der Waals surface area contributed by atoms with Gasteiger partial charge in [-0.3, -0.25) is 9.80 Å². The summed E-state index contributed by atoms with van der Waals surface area (Å²) in [5, 5.41) is 6.01. The lowest BCUT2D eigenvalue weighted by atomic mass is 9.91. The van der Waals surface area contributed by atoms with Crippen LogP contribution in [0, 0.1) is 6.92 Å². The van der Waals surface area contributed by atoms with Crippen LogP contribution in [0.5, 0.6) is 0 Å². The predicted molar refractivity (Wildman–Crippen MR) is 135 cm³/mol. The summed E-state index contributed by atoms with van der Waals surface area (Å²) in [5.41, 5.74) is 2.61. The molecule has 2 aliphatic heterocycles. The number of carbonyl (C=O) groups is 3. The van der Waals surface area contributed by atoms with E-state index in [1.165, 1.54) is 4.90 Å². The van der Waals surface area contributed by atoms with Crippen LogP contribution >= 0.6 is 0 Å². The second kappa shape index (κ2) is 10.7. The molecular formula is C26H39N5O4. The topological polar surface area (TPSA) is 94.2 Å². The highest BCUT2D eigenvalue weighted by Crippen LogP contribution is 2.33. The van der Waals surface area contributed by atoms with Gasteiger partial charge in [-0.2, -0.15) is 0 Å². The van der Waals surface area contributed by atoms with Crippen molar-refractivity contribution in [3.8, 4) is 0 Å². The summed E-state index contributed by atoms with van der Waals surface area (Å²) in [7, 11) is 1.68. The molecule has 0 saturated carbocycles. The van der Waals surface area contributed by atoms with Crippen molar-refractivity contribution in [2.75, 3.05) is 39.8 Å². The number of nitrogens with one attached hydrogen (secondary N) is 2. The highest BCUT2D eigenvalue weighted by Gasteiger charge is 2.39. The number of urea groups is 2. The third kappa shape index (κ3) is 6.14. The van der Waals surface area contributed by atoms with Crippen LogP contribution in [0.2, 0.25) is 0 Å². The Balaban J connectivity index is 1.90. The molecule has 0 spiro atoms. The molecule has 2 aliphatic rings. The molecule has 2 atom stereocenters. The Morgan fingerprint density at radius 3 is 2.49 bits per heavy atom. The minimum atomic E-state index is -0.592. The summed E-state index contributed by atoms with van der Waals surface area (Å²) in [6.45, 7) is 14.1. The van der Waals surface area contributed by atoms with Crippen molar-refractivity contribution in [3.05, 3.63) is 46.7 Å². The fourth-order valence-electron chi connectivity index (χ4n) is 4.62. The van der Waals surface area contributed by atoms with Gasteiger partial charge in [0.15, 0.2) is 0 Å². The van der Waals surface area contributed by atoms with Gasteiger partial charge < -0.3 is 20.3 Å². The van der Waals surface area contributed by atoms with Crippen LogP contribution in [0.15, 0.2) is 35.5 Å². The van der Waals surface area contributed by atoms with Crippen LogP contribution in [-0.2, 0) is 9.53 Å². The average Bonchev–Trinajstić information content (AvgIpc) is 2.76. The number of benzene rings is 1. The molecule has 2 heterocycles. The van der Waals surface area contributed by atoms with Crippen LogP contribution in [0.25, 0.3) is 0 Å². The van der Waals surface area contributed by atoms with Crippen LogP contribution in [0.1, 0.15) is 51.8 Å².